The Hall–Kier alpha value is -1.74. The van der Waals surface area contributed by atoms with E-state index in [0.717, 1.165) is 0 Å². The van der Waals surface area contributed by atoms with Crippen LogP contribution in [0.5, 0.6) is 0 Å². The molecule has 4 nitrogen and oxygen atoms in total. The Morgan fingerprint density at radius 1 is 1.10 bits per heavy atom. The fourth-order valence-electron chi connectivity index (χ4n) is 1.66. The molecule has 0 radical (unpaired) electrons. The first kappa shape index (κ1) is 17.3. The molecule has 1 atom stereocenters. The van der Waals surface area contributed by atoms with E-state index in [-0.39, 0.29) is 19.6 Å². The average Bonchev–Trinajstić information content (AvgIpc) is 2.44. The minimum atomic E-state index is -2.32. The van der Waals surface area contributed by atoms with E-state index < -0.39 is 46.6 Å². The molecule has 1 amide bonds. The lowest BCUT2D eigenvalue weighted by Gasteiger charge is -2.17. The lowest BCUT2D eigenvalue weighted by atomic mass is 10.1. The fraction of sp³-hybridized carbons (Fsp3) is 0.417. The summed E-state index contributed by atoms with van der Waals surface area (Å²) < 4.78 is 70.5. The molecule has 0 spiro atoms. The van der Waals surface area contributed by atoms with Gasteiger partial charge in [-0.25, -0.2) is 22.0 Å². The van der Waals surface area contributed by atoms with E-state index in [4.69, 9.17) is 10.5 Å². The minimum absolute atomic E-state index is 0.0294. The number of rotatable bonds is 6. The van der Waals surface area contributed by atoms with Crippen LogP contribution in [0.3, 0.4) is 0 Å². The Kier molecular flexibility index (Phi) is 6.03. The molecule has 0 aliphatic heterocycles. The molecule has 9 heteroatoms. The van der Waals surface area contributed by atoms with Gasteiger partial charge in [-0.3, -0.25) is 4.79 Å². The summed E-state index contributed by atoms with van der Waals surface area (Å²) >= 11 is 0. The van der Waals surface area contributed by atoms with Gasteiger partial charge in [0.2, 0.25) is 5.82 Å². The van der Waals surface area contributed by atoms with Crippen LogP contribution in [0.4, 0.5) is 22.0 Å². The van der Waals surface area contributed by atoms with E-state index in [1.54, 1.807) is 0 Å². The third-order valence-electron chi connectivity index (χ3n) is 2.66. The second-order valence-electron chi connectivity index (χ2n) is 4.15. The van der Waals surface area contributed by atoms with Crippen molar-refractivity contribution in [2.45, 2.75) is 12.5 Å². The van der Waals surface area contributed by atoms with Crippen molar-refractivity contribution in [2.24, 2.45) is 5.73 Å². The molecule has 21 heavy (non-hydrogen) atoms. The van der Waals surface area contributed by atoms with Gasteiger partial charge >= 0.3 is 0 Å². The summed E-state index contributed by atoms with van der Waals surface area (Å²) in [5, 5.41) is 2.11. The Balaban J connectivity index is 3.13. The third kappa shape index (κ3) is 3.67. The first-order valence-corrected chi connectivity index (χ1v) is 5.86. The summed E-state index contributed by atoms with van der Waals surface area (Å²) in [6, 6.07) is -0.720. The highest BCUT2D eigenvalue weighted by Crippen LogP contribution is 2.23. The van der Waals surface area contributed by atoms with Crippen LogP contribution in [-0.2, 0) is 4.74 Å². The van der Waals surface area contributed by atoms with Crippen LogP contribution >= 0.6 is 0 Å². The van der Waals surface area contributed by atoms with E-state index in [1.807, 2.05) is 0 Å². The Bertz CT molecular complexity index is 504. The van der Waals surface area contributed by atoms with Crippen LogP contribution in [0.1, 0.15) is 16.8 Å². The number of amides is 1. The minimum Gasteiger partial charge on any atom is -0.383 e. The van der Waals surface area contributed by atoms with Gasteiger partial charge in [0.1, 0.15) is 5.56 Å². The number of halogens is 5. The maximum absolute atomic E-state index is 13.4. The van der Waals surface area contributed by atoms with E-state index in [0.29, 0.717) is 0 Å². The Morgan fingerprint density at radius 2 is 1.57 bits per heavy atom. The zero-order valence-electron chi connectivity index (χ0n) is 11.0. The molecule has 1 aromatic carbocycles. The maximum atomic E-state index is 13.4. The van der Waals surface area contributed by atoms with Crippen molar-refractivity contribution in [1.82, 2.24) is 5.32 Å². The summed E-state index contributed by atoms with van der Waals surface area (Å²) in [5.41, 5.74) is 3.74. The molecule has 0 heterocycles. The molecule has 118 valence electrons. The highest BCUT2D eigenvalue weighted by atomic mass is 19.2. The standard InChI is InChI=1S/C12H13F5N2O2/c1-21-4-5(2-3-18)19-12(20)6-7(13)9(15)11(17)10(16)8(6)14/h5H,2-4,18H2,1H3,(H,19,20). The SMILES string of the molecule is COCC(CCN)NC(=O)c1c(F)c(F)c(F)c(F)c1F. The number of nitrogens with two attached hydrogens (primary N) is 1. The number of carbonyl (C=O) groups excluding carboxylic acids is 1. The molecule has 1 aromatic rings. The van der Waals surface area contributed by atoms with Gasteiger partial charge in [-0.2, -0.15) is 0 Å². The van der Waals surface area contributed by atoms with Gasteiger partial charge in [0.15, 0.2) is 23.3 Å². The van der Waals surface area contributed by atoms with Crippen molar-refractivity contribution < 1.29 is 31.5 Å². The Labute approximate surface area is 117 Å². The summed E-state index contributed by atoms with van der Waals surface area (Å²) in [5.74, 6) is -12.5. The van der Waals surface area contributed by atoms with Crippen molar-refractivity contribution in [2.75, 3.05) is 20.3 Å². The predicted molar refractivity (Wildman–Crippen MR) is 63.0 cm³/mol. The van der Waals surface area contributed by atoms with Crippen molar-refractivity contribution in [1.29, 1.82) is 0 Å². The number of methoxy groups -OCH3 is 1. The summed E-state index contributed by atoms with van der Waals surface area (Å²) in [4.78, 5) is 11.7. The largest absolute Gasteiger partial charge is 0.383 e. The van der Waals surface area contributed by atoms with Crippen molar-refractivity contribution >= 4 is 5.91 Å². The van der Waals surface area contributed by atoms with Crippen molar-refractivity contribution in [3.8, 4) is 0 Å². The highest BCUT2D eigenvalue weighted by Gasteiger charge is 2.30. The molecule has 0 fully saturated rings. The quantitative estimate of drug-likeness (QED) is 0.475. The first-order valence-electron chi connectivity index (χ1n) is 5.86. The van der Waals surface area contributed by atoms with Gasteiger partial charge in [0.25, 0.3) is 5.91 Å². The van der Waals surface area contributed by atoms with Crippen LogP contribution in [0, 0.1) is 29.1 Å². The van der Waals surface area contributed by atoms with E-state index in [2.05, 4.69) is 5.32 Å². The van der Waals surface area contributed by atoms with Crippen LogP contribution < -0.4 is 11.1 Å². The Morgan fingerprint density at radius 3 is 2.00 bits per heavy atom. The number of ether oxygens (including phenoxy) is 1. The normalized spacial score (nSPS) is 12.3. The van der Waals surface area contributed by atoms with Gasteiger partial charge in [-0.15, -0.1) is 0 Å². The lowest BCUT2D eigenvalue weighted by molar-refractivity contribution is 0.0882. The highest BCUT2D eigenvalue weighted by molar-refractivity contribution is 5.95. The first-order chi connectivity index (χ1) is 9.84. The zero-order chi connectivity index (χ0) is 16.2. The molecule has 0 saturated carbocycles. The molecule has 0 aliphatic rings. The smallest absolute Gasteiger partial charge is 0.257 e. The van der Waals surface area contributed by atoms with Crippen molar-refractivity contribution in [3.05, 3.63) is 34.6 Å². The molecule has 0 aliphatic carbocycles. The number of nitrogens with one attached hydrogen (secondary N) is 1. The monoisotopic (exact) mass is 312 g/mol. The van der Waals surface area contributed by atoms with E-state index >= 15 is 0 Å². The molecule has 0 aromatic heterocycles. The average molecular weight is 312 g/mol. The molecule has 3 N–H and O–H groups in total. The van der Waals surface area contributed by atoms with Gasteiger partial charge in [-0.05, 0) is 13.0 Å². The van der Waals surface area contributed by atoms with Crippen LogP contribution in [0.2, 0.25) is 0 Å². The molecule has 0 saturated heterocycles. The number of hydrogen-bond acceptors (Lipinski definition) is 3. The van der Waals surface area contributed by atoms with Crippen LogP contribution in [-0.4, -0.2) is 32.2 Å². The number of benzene rings is 1. The number of carbonyl (C=O) groups is 1. The van der Waals surface area contributed by atoms with Crippen molar-refractivity contribution in [3.63, 3.8) is 0 Å². The van der Waals surface area contributed by atoms with E-state index in [1.165, 1.54) is 7.11 Å². The second kappa shape index (κ2) is 7.32. The van der Waals surface area contributed by atoms with Crippen LogP contribution in [0.15, 0.2) is 0 Å². The van der Waals surface area contributed by atoms with Gasteiger partial charge in [0.05, 0.1) is 12.6 Å². The topological polar surface area (TPSA) is 64.3 Å². The summed E-state index contributed by atoms with van der Waals surface area (Å²) in [6.45, 7) is 0.101. The predicted octanol–water partition coefficient (Wildman–Crippen LogP) is 1.48. The molecular weight excluding hydrogens is 299 g/mol. The fourth-order valence-corrected chi connectivity index (χ4v) is 1.66. The third-order valence-corrected chi connectivity index (χ3v) is 2.66. The number of hydrogen-bond donors (Lipinski definition) is 2. The van der Waals surface area contributed by atoms with Gasteiger partial charge < -0.3 is 15.8 Å². The maximum Gasteiger partial charge on any atom is 0.257 e. The zero-order valence-corrected chi connectivity index (χ0v) is 11.0. The van der Waals surface area contributed by atoms with Gasteiger partial charge in [0, 0.05) is 7.11 Å². The molecular formula is C12H13F5N2O2. The summed E-state index contributed by atoms with van der Waals surface area (Å²) in [7, 11) is 1.31. The lowest BCUT2D eigenvalue weighted by Crippen LogP contribution is -2.40. The van der Waals surface area contributed by atoms with Gasteiger partial charge in [-0.1, -0.05) is 0 Å². The second-order valence-corrected chi connectivity index (χ2v) is 4.15. The molecule has 0 bridgehead atoms. The van der Waals surface area contributed by atoms with E-state index in [9.17, 15) is 26.7 Å². The molecule has 1 rings (SSSR count). The summed E-state index contributed by atoms with van der Waals surface area (Å²) in [6.07, 6.45) is 0.203. The van der Waals surface area contributed by atoms with Crippen LogP contribution in [0.25, 0.3) is 0 Å². The molecule has 1 unspecified atom stereocenters.